The Balaban J connectivity index is 0.000000538. The van der Waals surface area contributed by atoms with Crippen LogP contribution in [0.2, 0.25) is 0 Å². The molecule has 9 heteroatoms. The van der Waals surface area contributed by atoms with E-state index in [4.69, 9.17) is 9.72 Å². The minimum absolute atomic E-state index is 0.329. The third-order valence-corrected chi connectivity index (χ3v) is 6.05. The highest BCUT2D eigenvalue weighted by atomic mass is 16.5. The van der Waals surface area contributed by atoms with Crippen LogP contribution < -0.4 is 24.8 Å². The number of nitrogens with one attached hydrogen (secondary N) is 1. The van der Waals surface area contributed by atoms with Gasteiger partial charge in [-0.05, 0) is 36.8 Å². The first-order valence-corrected chi connectivity index (χ1v) is 12.0. The summed E-state index contributed by atoms with van der Waals surface area (Å²) in [7, 11) is 5.83. The van der Waals surface area contributed by atoms with Crippen molar-refractivity contribution in [3.63, 3.8) is 0 Å². The largest absolute Gasteiger partial charge is 0.497 e. The lowest BCUT2D eigenvalue weighted by atomic mass is 10.2. The Morgan fingerprint density at radius 2 is 1.64 bits per heavy atom. The van der Waals surface area contributed by atoms with Gasteiger partial charge in [-0.25, -0.2) is 0 Å². The third kappa shape index (κ3) is 6.78. The van der Waals surface area contributed by atoms with Gasteiger partial charge in [0.2, 0.25) is 18.3 Å². The van der Waals surface area contributed by atoms with Crippen LogP contribution in [0.5, 0.6) is 5.75 Å². The van der Waals surface area contributed by atoms with Crippen molar-refractivity contribution in [3.05, 3.63) is 65.9 Å². The molecule has 2 heterocycles. The molecule has 1 aliphatic rings. The minimum atomic E-state index is -0.329. The number of benzene rings is 2. The maximum Gasteiger partial charge on any atom is 0.223 e. The molecule has 1 saturated heterocycles. The first-order chi connectivity index (χ1) is 17.3. The number of amides is 2. The summed E-state index contributed by atoms with van der Waals surface area (Å²) in [5, 5.41) is 1.89. The molecule has 1 fully saturated rings. The summed E-state index contributed by atoms with van der Waals surface area (Å²) in [5.41, 5.74) is 3.74. The van der Waals surface area contributed by atoms with Crippen molar-refractivity contribution in [2.75, 3.05) is 62.1 Å². The number of carbonyl (C=O) groups is 2. The summed E-state index contributed by atoms with van der Waals surface area (Å²) in [5.74, 6) is 2.67. The fraction of sp³-hybridized carbons (Fsp3) is 0.370. The quantitative estimate of drug-likeness (QED) is 0.508. The van der Waals surface area contributed by atoms with Crippen LogP contribution in [0.3, 0.4) is 0 Å². The average Bonchev–Trinajstić information content (AvgIpc) is 3.21. The number of aromatic nitrogens is 2. The zero-order valence-corrected chi connectivity index (χ0v) is 21.8. The number of methoxy groups -OCH3 is 1. The number of imide groups is 1. The molecule has 0 radical (unpaired) electrons. The Hall–Kier alpha value is -4.01. The van der Waals surface area contributed by atoms with Crippen molar-refractivity contribution in [3.8, 4) is 5.75 Å². The average molecular weight is 493 g/mol. The van der Waals surface area contributed by atoms with Gasteiger partial charge < -0.3 is 24.0 Å². The maximum absolute atomic E-state index is 9.70. The summed E-state index contributed by atoms with van der Waals surface area (Å²) in [4.78, 5) is 31.0. The molecule has 0 aliphatic carbocycles. The summed E-state index contributed by atoms with van der Waals surface area (Å²) < 4.78 is 7.64. The molecule has 1 N–H and O–H groups in total. The van der Waals surface area contributed by atoms with E-state index in [1.165, 1.54) is 23.9 Å². The van der Waals surface area contributed by atoms with Gasteiger partial charge in [-0.15, -0.1) is 0 Å². The Labute approximate surface area is 213 Å². The van der Waals surface area contributed by atoms with Crippen LogP contribution in [0.15, 0.2) is 54.6 Å². The van der Waals surface area contributed by atoms with Gasteiger partial charge in [-0.1, -0.05) is 30.3 Å². The first-order valence-electron chi connectivity index (χ1n) is 12.0. The second-order valence-electron chi connectivity index (χ2n) is 8.78. The Morgan fingerprint density at radius 1 is 1.03 bits per heavy atom. The van der Waals surface area contributed by atoms with Gasteiger partial charge in [-0.3, -0.25) is 14.9 Å². The molecule has 2 aromatic carbocycles. The number of ether oxygens (including phenoxy) is 1. The summed E-state index contributed by atoms with van der Waals surface area (Å²) >= 11 is 0. The van der Waals surface area contributed by atoms with Crippen LogP contribution in [0.25, 0.3) is 0 Å². The second kappa shape index (κ2) is 12.6. The van der Waals surface area contributed by atoms with E-state index >= 15 is 0 Å². The zero-order chi connectivity index (χ0) is 26.1. The predicted molar refractivity (Wildman–Crippen MR) is 144 cm³/mol. The lowest BCUT2D eigenvalue weighted by Crippen LogP contribution is -2.47. The SMILES string of the molecule is CC(=O)NC=O.COc1ccc(N2CCN(c3nc(N(C)C)c(C)n3Cc3ccccc3)CC2)cc1. The van der Waals surface area contributed by atoms with Crippen molar-refractivity contribution in [2.24, 2.45) is 0 Å². The number of imidazole rings is 1. The number of carbonyl (C=O) groups excluding carboxylic acids is 2. The monoisotopic (exact) mass is 492 g/mol. The molecular weight excluding hydrogens is 456 g/mol. The lowest BCUT2D eigenvalue weighted by molar-refractivity contribution is -0.123. The van der Waals surface area contributed by atoms with Crippen LogP contribution in [0.1, 0.15) is 18.2 Å². The van der Waals surface area contributed by atoms with Gasteiger partial charge >= 0.3 is 0 Å². The Bertz CT molecular complexity index is 1120. The molecule has 2 amide bonds. The zero-order valence-electron chi connectivity index (χ0n) is 21.8. The number of piperazine rings is 1. The molecule has 0 bridgehead atoms. The highest BCUT2D eigenvalue weighted by Gasteiger charge is 2.24. The summed E-state index contributed by atoms with van der Waals surface area (Å²) in [6.07, 6.45) is 0.350. The van der Waals surface area contributed by atoms with Crippen LogP contribution in [-0.2, 0) is 16.1 Å². The topological polar surface area (TPSA) is 82.9 Å². The van der Waals surface area contributed by atoms with Gasteiger partial charge in [0.25, 0.3) is 0 Å². The fourth-order valence-electron chi connectivity index (χ4n) is 4.17. The van der Waals surface area contributed by atoms with Gasteiger partial charge in [0.1, 0.15) is 5.75 Å². The number of rotatable bonds is 7. The van der Waals surface area contributed by atoms with E-state index in [-0.39, 0.29) is 5.91 Å². The molecule has 1 aliphatic heterocycles. The highest BCUT2D eigenvalue weighted by Crippen LogP contribution is 2.28. The molecule has 4 rings (SSSR count). The van der Waals surface area contributed by atoms with Crippen LogP contribution in [0, 0.1) is 6.92 Å². The second-order valence-corrected chi connectivity index (χ2v) is 8.78. The first kappa shape index (κ1) is 26.6. The molecule has 192 valence electrons. The fourth-order valence-corrected chi connectivity index (χ4v) is 4.17. The number of hydrogen-bond acceptors (Lipinski definition) is 7. The van der Waals surface area contributed by atoms with Crippen molar-refractivity contribution >= 4 is 29.8 Å². The van der Waals surface area contributed by atoms with Crippen molar-refractivity contribution in [1.29, 1.82) is 0 Å². The molecule has 36 heavy (non-hydrogen) atoms. The molecule has 0 saturated carbocycles. The molecule has 0 atom stereocenters. The van der Waals surface area contributed by atoms with Crippen molar-refractivity contribution < 1.29 is 14.3 Å². The predicted octanol–water partition coefficient (Wildman–Crippen LogP) is 2.92. The maximum atomic E-state index is 9.70. The van der Waals surface area contributed by atoms with E-state index in [9.17, 15) is 9.59 Å². The Kier molecular flexibility index (Phi) is 9.32. The van der Waals surface area contributed by atoms with Gasteiger partial charge in [0.15, 0.2) is 5.82 Å². The Morgan fingerprint density at radius 3 is 2.14 bits per heavy atom. The molecule has 1 aromatic heterocycles. The smallest absolute Gasteiger partial charge is 0.223 e. The third-order valence-electron chi connectivity index (χ3n) is 6.05. The van der Waals surface area contributed by atoms with Crippen molar-refractivity contribution in [1.82, 2.24) is 14.9 Å². The van der Waals surface area contributed by atoms with E-state index in [1.807, 2.05) is 17.4 Å². The molecule has 0 spiro atoms. The van der Waals surface area contributed by atoms with Crippen LogP contribution in [0.4, 0.5) is 17.5 Å². The molecule has 0 unspecified atom stereocenters. The molecule has 9 nitrogen and oxygen atoms in total. The number of hydrogen-bond donors (Lipinski definition) is 1. The van der Waals surface area contributed by atoms with E-state index in [2.05, 4.69) is 82.8 Å². The standard InChI is InChI=1S/C24H31N5O.C3H5NO2/c1-19-23(26(2)3)25-24(29(19)18-20-8-6-5-7-9-20)28-16-14-27(15-17-28)21-10-12-22(30-4)13-11-21;1-3(6)4-2-5/h5-13H,14-18H2,1-4H3;2H,1H3,(H,4,5,6). The van der Waals surface area contributed by atoms with Gasteiger partial charge in [0.05, 0.1) is 19.3 Å². The minimum Gasteiger partial charge on any atom is -0.497 e. The lowest BCUT2D eigenvalue weighted by Gasteiger charge is -2.37. The highest BCUT2D eigenvalue weighted by molar-refractivity contribution is 5.83. The van der Waals surface area contributed by atoms with Crippen LogP contribution in [-0.4, -0.2) is 69.3 Å². The molecular formula is C27H36N6O3. The number of nitrogens with zero attached hydrogens (tertiary/aromatic N) is 5. The van der Waals surface area contributed by atoms with Crippen LogP contribution >= 0.6 is 0 Å². The molecule has 3 aromatic rings. The van der Waals surface area contributed by atoms with E-state index in [0.717, 1.165) is 50.2 Å². The van der Waals surface area contributed by atoms with Crippen molar-refractivity contribution in [2.45, 2.75) is 20.4 Å². The van der Waals surface area contributed by atoms with Gasteiger partial charge in [-0.2, -0.15) is 4.98 Å². The normalized spacial score (nSPS) is 12.9. The van der Waals surface area contributed by atoms with Gasteiger partial charge in [0, 0.05) is 52.9 Å². The summed E-state index contributed by atoms with van der Waals surface area (Å²) in [6.45, 7) is 8.12. The van der Waals surface area contributed by atoms with E-state index in [1.54, 1.807) is 7.11 Å². The summed E-state index contributed by atoms with van der Waals surface area (Å²) in [6, 6.07) is 19.0. The van der Waals surface area contributed by atoms with E-state index < -0.39 is 0 Å². The number of anilines is 3. The van der Waals surface area contributed by atoms with E-state index in [0.29, 0.717) is 6.41 Å².